The Bertz CT molecular complexity index is 1120. The zero-order chi connectivity index (χ0) is 20.4. The van der Waals surface area contributed by atoms with Crippen LogP contribution in [0.5, 0.6) is 0 Å². The number of imidazole rings is 1. The molecule has 2 aromatic heterocycles. The fraction of sp³-hybridized carbons (Fsp3) is 0.143. The predicted molar refractivity (Wildman–Crippen MR) is 105 cm³/mol. The molecule has 1 atom stereocenters. The van der Waals surface area contributed by atoms with E-state index in [4.69, 9.17) is 0 Å². The molecule has 146 valence electrons. The van der Waals surface area contributed by atoms with Gasteiger partial charge in [-0.05, 0) is 55.8 Å². The summed E-state index contributed by atoms with van der Waals surface area (Å²) in [7, 11) is 0. The molecule has 0 aliphatic rings. The Morgan fingerprint density at radius 3 is 2.41 bits per heavy atom. The van der Waals surface area contributed by atoms with Crippen LogP contribution in [0.15, 0.2) is 67.3 Å². The van der Waals surface area contributed by atoms with Crippen LogP contribution < -0.4 is 5.32 Å². The quantitative estimate of drug-likeness (QED) is 0.567. The van der Waals surface area contributed by atoms with E-state index in [1.807, 2.05) is 42.0 Å². The second kappa shape index (κ2) is 7.67. The molecule has 1 amide bonds. The molecule has 0 unspecified atom stereocenters. The summed E-state index contributed by atoms with van der Waals surface area (Å²) >= 11 is 0. The van der Waals surface area contributed by atoms with Crippen LogP contribution in [0, 0.1) is 12.7 Å². The lowest BCUT2D eigenvalue weighted by Gasteiger charge is -2.14. The van der Waals surface area contributed by atoms with Crippen molar-refractivity contribution in [3.63, 3.8) is 0 Å². The molecule has 29 heavy (non-hydrogen) atoms. The first-order valence-corrected chi connectivity index (χ1v) is 9.10. The average Bonchev–Trinajstić information content (AvgIpc) is 3.39. The molecule has 0 aliphatic heterocycles. The highest BCUT2D eigenvalue weighted by Gasteiger charge is 2.18. The lowest BCUT2D eigenvalue weighted by atomic mass is 10.1. The van der Waals surface area contributed by atoms with Crippen molar-refractivity contribution in [3.05, 3.63) is 90.3 Å². The summed E-state index contributed by atoms with van der Waals surface area (Å²) in [5.74, 6) is -0.106. The van der Waals surface area contributed by atoms with E-state index in [-0.39, 0.29) is 23.6 Å². The molecule has 0 aliphatic carbocycles. The number of nitrogens with zero attached hydrogens (tertiary/aromatic N) is 5. The highest BCUT2D eigenvalue weighted by molar-refractivity contribution is 5.90. The second-order valence-corrected chi connectivity index (χ2v) is 6.63. The van der Waals surface area contributed by atoms with Gasteiger partial charge in [0.05, 0.1) is 18.1 Å². The molecule has 4 rings (SSSR count). The molecule has 0 spiro atoms. The molecule has 0 bridgehead atoms. The molecule has 0 saturated heterocycles. The third kappa shape index (κ3) is 3.91. The Kier molecular flexibility index (Phi) is 4.90. The fourth-order valence-corrected chi connectivity index (χ4v) is 3.00. The average molecular weight is 390 g/mol. The maximum atomic E-state index is 13.1. The Labute approximate surface area is 166 Å². The first kappa shape index (κ1) is 18.5. The van der Waals surface area contributed by atoms with E-state index in [1.54, 1.807) is 31.6 Å². The van der Waals surface area contributed by atoms with E-state index in [1.165, 1.54) is 16.8 Å². The van der Waals surface area contributed by atoms with Crippen molar-refractivity contribution >= 4 is 5.91 Å². The topological polar surface area (TPSA) is 77.6 Å². The van der Waals surface area contributed by atoms with Gasteiger partial charge in [-0.15, -0.1) is 5.10 Å². The zero-order valence-corrected chi connectivity index (χ0v) is 16.0. The van der Waals surface area contributed by atoms with Gasteiger partial charge in [0.2, 0.25) is 5.82 Å². The summed E-state index contributed by atoms with van der Waals surface area (Å²) < 4.78 is 16.5. The largest absolute Gasteiger partial charge is 0.343 e. The minimum Gasteiger partial charge on any atom is -0.343 e. The van der Waals surface area contributed by atoms with E-state index in [9.17, 15) is 9.18 Å². The van der Waals surface area contributed by atoms with Crippen LogP contribution in [0.25, 0.3) is 11.4 Å². The maximum absolute atomic E-state index is 13.1. The van der Waals surface area contributed by atoms with Crippen LogP contribution in [0.3, 0.4) is 0 Å². The molecular weight excluding hydrogens is 371 g/mol. The van der Waals surface area contributed by atoms with Gasteiger partial charge in [0.15, 0.2) is 0 Å². The number of nitrogens with one attached hydrogen (secondary N) is 1. The third-order valence-electron chi connectivity index (χ3n) is 4.59. The summed E-state index contributed by atoms with van der Waals surface area (Å²) in [5.41, 5.74) is 2.58. The highest BCUT2D eigenvalue weighted by Crippen LogP contribution is 2.16. The van der Waals surface area contributed by atoms with Crippen molar-refractivity contribution in [1.29, 1.82) is 0 Å². The van der Waals surface area contributed by atoms with Crippen LogP contribution in [0.4, 0.5) is 4.39 Å². The molecular formula is C21H19FN6O. The van der Waals surface area contributed by atoms with Gasteiger partial charge in [-0.3, -0.25) is 4.79 Å². The lowest BCUT2D eigenvalue weighted by Crippen LogP contribution is -2.27. The minimum absolute atomic E-state index is 0.0636. The van der Waals surface area contributed by atoms with Crippen LogP contribution >= 0.6 is 0 Å². The highest BCUT2D eigenvalue weighted by atomic mass is 19.1. The van der Waals surface area contributed by atoms with E-state index < -0.39 is 0 Å². The van der Waals surface area contributed by atoms with Crippen molar-refractivity contribution < 1.29 is 9.18 Å². The number of carbonyl (C=O) groups excluding carboxylic acids is 1. The smallest absolute Gasteiger partial charge is 0.291 e. The summed E-state index contributed by atoms with van der Waals surface area (Å²) in [5, 5.41) is 7.18. The van der Waals surface area contributed by atoms with Crippen molar-refractivity contribution in [3.8, 4) is 11.4 Å². The summed E-state index contributed by atoms with van der Waals surface area (Å²) in [6, 6.07) is 13.5. The number of aromatic nitrogens is 5. The van der Waals surface area contributed by atoms with Gasteiger partial charge in [0.1, 0.15) is 11.6 Å². The number of rotatable bonds is 5. The lowest BCUT2D eigenvalue weighted by molar-refractivity contribution is 0.0929. The fourth-order valence-electron chi connectivity index (χ4n) is 3.00. The van der Waals surface area contributed by atoms with Crippen LogP contribution in [-0.2, 0) is 0 Å². The monoisotopic (exact) mass is 390 g/mol. The Morgan fingerprint density at radius 1 is 1.07 bits per heavy atom. The molecule has 4 aromatic rings. The van der Waals surface area contributed by atoms with Gasteiger partial charge >= 0.3 is 0 Å². The molecule has 7 nitrogen and oxygen atoms in total. The van der Waals surface area contributed by atoms with Gasteiger partial charge in [0.25, 0.3) is 5.91 Å². The summed E-state index contributed by atoms with van der Waals surface area (Å²) in [6.45, 7) is 3.64. The molecule has 1 N–H and O–H groups in total. The van der Waals surface area contributed by atoms with Crippen molar-refractivity contribution in [2.75, 3.05) is 0 Å². The van der Waals surface area contributed by atoms with Gasteiger partial charge in [0, 0.05) is 18.1 Å². The van der Waals surface area contributed by atoms with Crippen LogP contribution in [0.1, 0.15) is 35.0 Å². The molecule has 8 heteroatoms. The third-order valence-corrected chi connectivity index (χ3v) is 4.59. The van der Waals surface area contributed by atoms with E-state index in [0.717, 1.165) is 11.3 Å². The van der Waals surface area contributed by atoms with Crippen LogP contribution in [-0.4, -0.2) is 30.2 Å². The first-order valence-electron chi connectivity index (χ1n) is 9.10. The second-order valence-electron chi connectivity index (χ2n) is 6.63. The van der Waals surface area contributed by atoms with E-state index in [2.05, 4.69) is 20.4 Å². The van der Waals surface area contributed by atoms with Crippen LogP contribution in [0.2, 0.25) is 0 Å². The number of aryl methyl sites for hydroxylation is 1. The number of hydrogen-bond acceptors (Lipinski definition) is 4. The Balaban J connectivity index is 1.47. The van der Waals surface area contributed by atoms with Crippen molar-refractivity contribution in [2.45, 2.75) is 19.9 Å². The SMILES string of the molecule is Cc1nc(C(=O)N[C@H](C)c2ccc(-n3ccnc3)cc2)nn1-c1ccc(F)cc1. The molecule has 0 saturated carbocycles. The molecule has 2 aromatic carbocycles. The Morgan fingerprint density at radius 2 is 1.76 bits per heavy atom. The normalized spacial score (nSPS) is 12.0. The Hall–Kier alpha value is -3.81. The number of halogens is 1. The van der Waals surface area contributed by atoms with Gasteiger partial charge in [-0.25, -0.2) is 19.0 Å². The first-order chi connectivity index (χ1) is 14.0. The standard InChI is InChI=1S/C21H19FN6O/c1-14(16-3-7-18(8-4-16)27-12-11-23-13-27)24-21(29)20-25-15(2)28(26-20)19-9-5-17(22)6-10-19/h3-14H,1-2H3,(H,24,29)/t14-/m1/s1. The van der Waals surface area contributed by atoms with Crippen molar-refractivity contribution in [2.24, 2.45) is 0 Å². The summed E-state index contributed by atoms with van der Waals surface area (Å²) in [6.07, 6.45) is 5.31. The minimum atomic E-state index is -0.375. The number of benzene rings is 2. The molecule has 0 radical (unpaired) electrons. The zero-order valence-electron chi connectivity index (χ0n) is 16.0. The van der Waals surface area contributed by atoms with Gasteiger partial charge in [-0.1, -0.05) is 12.1 Å². The predicted octanol–water partition coefficient (Wildman–Crippen LogP) is 3.39. The van der Waals surface area contributed by atoms with E-state index in [0.29, 0.717) is 11.5 Å². The summed E-state index contributed by atoms with van der Waals surface area (Å²) in [4.78, 5) is 20.9. The number of carbonyl (C=O) groups is 1. The van der Waals surface area contributed by atoms with Gasteiger partial charge < -0.3 is 9.88 Å². The van der Waals surface area contributed by atoms with E-state index >= 15 is 0 Å². The molecule has 0 fully saturated rings. The van der Waals surface area contributed by atoms with Gasteiger partial charge in [-0.2, -0.15) is 0 Å². The molecule has 2 heterocycles. The number of hydrogen-bond donors (Lipinski definition) is 1. The van der Waals surface area contributed by atoms with Crippen molar-refractivity contribution in [1.82, 2.24) is 29.6 Å². The number of amides is 1. The maximum Gasteiger partial charge on any atom is 0.291 e.